The summed E-state index contributed by atoms with van der Waals surface area (Å²) >= 11 is 3.47. The molecule has 1 aromatic carbocycles. The first-order valence-corrected chi connectivity index (χ1v) is 6.58. The van der Waals surface area contributed by atoms with Crippen LogP contribution in [0.15, 0.2) is 47.1 Å². The molecule has 0 radical (unpaired) electrons. The number of aromatic nitrogens is 1. The van der Waals surface area contributed by atoms with Crippen LogP contribution in [-0.2, 0) is 6.54 Å². The van der Waals surface area contributed by atoms with E-state index in [-0.39, 0.29) is 11.6 Å². The van der Waals surface area contributed by atoms with Crippen molar-refractivity contribution < 1.29 is 4.79 Å². The molecule has 2 aromatic rings. The summed E-state index contributed by atoms with van der Waals surface area (Å²) in [5, 5.41) is 0. The van der Waals surface area contributed by atoms with E-state index in [2.05, 4.69) is 20.9 Å². The van der Waals surface area contributed by atoms with Gasteiger partial charge in [-0.05, 0) is 23.8 Å². The maximum absolute atomic E-state index is 12.2. The lowest BCUT2D eigenvalue weighted by atomic mass is 10.2. The summed E-state index contributed by atoms with van der Waals surface area (Å²) in [6, 6.07) is 11.2. The lowest BCUT2D eigenvalue weighted by Gasteiger charge is -2.18. The van der Waals surface area contributed by atoms with Crippen molar-refractivity contribution in [2.45, 2.75) is 6.54 Å². The summed E-state index contributed by atoms with van der Waals surface area (Å²) in [6.07, 6.45) is 1.57. The lowest BCUT2D eigenvalue weighted by Crippen LogP contribution is -2.28. The van der Waals surface area contributed by atoms with Crippen LogP contribution in [0.3, 0.4) is 0 Å². The smallest absolute Gasteiger partial charge is 0.274 e. The fraction of sp³-hybridized carbons (Fsp3) is 0.143. The molecule has 4 nitrogen and oxygen atoms in total. The largest absolute Gasteiger partial charge is 0.397 e. The summed E-state index contributed by atoms with van der Waals surface area (Å²) in [7, 11) is 1.73. The first kappa shape index (κ1) is 13.5. The van der Waals surface area contributed by atoms with Crippen molar-refractivity contribution in [3.63, 3.8) is 0 Å². The van der Waals surface area contributed by atoms with Crippen LogP contribution in [0.1, 0.15) is 16.1 Å². The quantitative estimate of drug-likeness (QED) is 0.946. The van der Waals surface area contributed by atoms with Gasteiger partial charge in [0.1, 0.15) is 0 Å². The van der Waals surface area contributed by atoms with E-state index in [1.54, 1.807) is 30.3 Å². The van der Waals surface area contributed by atoms with E-state index >= 15 is 0 Å². The number of rotatable bonds is 3. The molecule has 1 aromatic heterocycles. The lowest BCUT2D eigenvalue weighted by molar-refractivity contribution is 0.0780. The molecule has 0 unspecified atom stereocenters. The van der Waals surface area contributed by atoms with Gasteiger partial charge in [0, 0.05) is 24.3 Å². The maximum Gasteiger partial charge on any atom is 0.274 e. The van der Waals surface area contributed by atoms with Crippen molar-refractivity contribution in [1.82, 2.24) is 9.88 Å². The second-order valence-corrected chi connectivity index (χ2v) is 5.05. The normalized spacial score (nSPS) is 10.2. The Kier molecular flexibility index (Phi) is 4.16. The molecule has 1 heterocycles. The van der Waals surface area contributed by atoms with Crippen molar-refractivity contribution in [2.24, 2.45) is 0 Å². The Balaban J connectivity index is 2.17. The van der Waals surface area contributed by atoms with Gasteiger partial charge in [-0.3, -0.25) is 4.79 Å². The molecule has 2 N–H and O–H groups in total. The first-order chi connectivity index (χ1) is 9.09. The molecule has 0 bridgehead atoms. The van der Waals surface area contributed by atoms with Crippen LogP contribution in [0.4, 0.5) is 5.69 Å². The molecular formula is C14H14BrN3O. The van der Waals surface area contributed by atoms with Crippen LogP contribution in [0.25, 0.3) is 0 Å². The number of nitrogen functional groups attached to an aromatic ring is 1. The highest BCUT2D eigenvalue weighted by molar-refractivity contribution is 9.10. The fourth-order valence-corrected chi connectivity index (χ4v) is 2.14. The van der Waals surface area contributed by atoms with Gasteiger partial charge in [0.15, 0.2) is 5.69 Å². The molecule has 0 aliphatic rings. The number of amides is 1. The minimum absolute atomic E-state index is 0.186. The van der Waals surface area contributed by atoms with Gasteiger partial charge in [-0.1, -0.05) is 34.1 Å². The third-order valence-electron chi connectivity index (χ3n) is 2.75. The summed E-state index contributed by atoms with van der Waals surface area (Å²) in [4.78, 5) is 17.9. The number of pyridine rings is 1. The molecule has 2 rings (SSSR count). The number of hydrogen-bond acceptors (Lipinski definition) is 3. The highest BCUT2D eigenvalue weighted by Crippen LogP contribution is 2.18. The summed E-state index contributed by atoms with van der Waals surface area (Å²) in [5.41, 5.74) is 7.48. The SMILES string of the molecule is CN(Cc1ccccc1Br)C(=O)c1ncccc1N. The van der Waals surface area contributed by atoms with Gasteiger partial charge in [-0.25, -0.2) is 4.98 Å². The monoisotopic (exact) mass is 319 g/mol. The van der Waals surface area contributed by atoms with E-state index in [1.165, 1.54) is 0 Å². The fourth-order valence-electron chi connectivity index (χ4n) is 1.73. The van der Waals surface area contributed by atoms with Crippen LogP contribution in [0, 0.1) is 0 Å². The Morgan fingerprint density at radius 3 is 2.74 bits per heavy atom. The Bertz CT molecular complexity index is 601. The van der Waals surface area contributed by atoms with Crippen LogP contribution in [0.2, 0.25) is 0 Å². The van der Waals surface area contributed by atoms with Crippen LogP contribution >= 0.6 is 15.9 Å². The van der Waals surface area contributed by atoms with Crippen LogP contribution in [-0.4, -0.2) is 22.8 Å². The van der Waals surface area contributed by atoms with E-state index in [4.69, 9.17) is 5.73 Å². The second-order valence-electron chi connectivity index (χ2n) is 4.19. The van der Waals surface area contributed by atoms with E-state index in [9.17, 15) is 4.79 Å². The average Bonchev–Trinajstić information content (AvgIpc) is 2.41. The van der Waals surface area contributed by atoms with Gasteiger partial charge in [-0.15, -0.1) is 0 Å². The second kappa shape index (κ2) is 5.84. The zero-order chi connectivity index (χ0) is 13.8. The van der Waals surface area contributed by atoms with Crippen LogP contribution < -0.4 is 5.73 Å². The molecule has 0 saturated heterocycles. The average molecular weight is 320 g/mol. The van der Waals surface area contributed by atoms with Gasteiger partial charge in [0.25, 0.3) is 5.91 Å². The third-order valence-corrected chi connectivity index (χ3v) is 3.53. The van der Waals surface area contributed by atoms with Gasteiger partial charge in [0.2, 0.25) is 0 Å². The number of nitrogens with two attached hydrogens (primary N) is 1. The van der Waals surface area contributed by atoms with Crippen molar-refractivity contribution in [1.29, 1.82) is 0 Å². The molecule has 5 heteroatoms. The highest BCUT2D eigenvalue weighted by atomic mass is 79.9. The predicted molar refractivity (Wildman–Crippen MR) is 78.6 cm³/mol. The highest BCUT2D eigenvalue weighted by Gasteiger charge is 2.16. The number of anilines is 1. The standard InChI is InChI=1S/C14H14BrN3O/c1-18(9-10-5-2-3-6-11(10)15)14(19)13-12(16)7-4-8-17-13/h2-8H,9,16H2,1H3. The number of hydrogen-bond donors (Lipinski definition) is 1. The van der Waals surface area contributed by atoms with E-state index < -0.39 is 0 Å². The van der Waals surface area contributed by atoms with Crippen molar-refractivity contribution in [2.75, 3.05) is 12.8 Å². The van der Waals surface area contributed by atoms with E-state index in [0.29, 0.717) is 12.2 Å². The predicted octanol–water partition coefficient (Wildman–Crippen LogP) is 2.70. The zero-order valence-corrected chi connectivity index (χ0v) is 12.1. The van der Waals surface area contributed by atoms with Crippen LogP contribution in [0.5, 0.6) is 0 Å². The number of nitrogens with zero attached hydrogens (tertiary/aromatic N) is 2. The Morgan fingerprint density at radius 2 is 2.05 bits per heavy atom. The third kappa shape index (κ3) is 3.12. The Labute approximate surface area is 120 Å². The first-order valence-electron chi connectivity index (χ1n) is 5.79. The van der Waals surface area contributed by atoms with E-state index in [1.807, 2.05) is 24.3 Å². The summed E-state index contributed by atoms with van der Waals surface area (Å²) < 4.78 is 0.976. The maximum atomic E-state index is 12.2. The van der Waals surface area contributed by atoms with E-state index in [0.717, 1.165) is 10.0 Å². The van der Waals surface area contributed by atoms with Crippen molar-refractivity contribution in [3.8, 4) is 0 Å². The molecule has 0 aliphatic carbocycles. The summed E-state index contributed by atoms with van der Waals surface area (Å²) in [6.45, 7) is 0.496. The van der Waals surface area contributed by atoms with Gasteiger partial charge < -0.3 is 10.6 Å². The topological polar surface area (TPSA) is 59.2 Å². The van der Waals surface area contributed by atoms with Gasteiger partial charge in [-0.2, -0.15) is 0 Å². The number of carbonyl (C=O) groups is 1. The molecule has 0 saturated carbocycles. The van der Waals surface area contributed by atoms with Gasteiger partial charge in [0.05, 0.1) is 5.69 Å². The van der Waals surface area contributed by atoms with Crippen molar-refractivity contribution in [3.05, 3.63) is 58.3 Å². The number of carbonyl (C=O) groups excluding carboxylic acids is 1. The zero-order valence-electron chi connectivity index (χ0n) is 10.5. The minimum atomic E-state index is -0.186. The molecule has 0 aliphatic heterocycles. The minimum Gasteiger partial charge on any atom is -0.397 e. The molecular weight excluding hydrogens is 306 g/mol. The molecule has 1 amide bonds. The Morgan fingerprint density at radius 1 is 1.32 bits per heavy atom. The molecule has 98 valence electrons. The Hall–Kier alpha value is -1.88. The van der Waals surface area contributed by atoms with Gasteiger partial charge >= 0.3 is 0 Å². The number of benzene rings is 1. The molecule has 0 atom stereocenters. The molecule has 19 heavy (non-hydrogen) atoms. The summed E-state index contributed by atoms with van der Waals surface area (Å²) in [5.74, 6) is -0.186. The number of halogens is 1. The molecule has 0 fully saturated rings. The van der Waals surface area contributed by atoms with Crippen molar-refractivity contribution >= 4 is 27.5 Å². The molecule has 0 spiro atoms.